The number of hydrogen-bond donors (Lipinski definition) is 0. The van der Waals surface area contributed by atoms with Crippen LogP contribution in [0.4, 0.5) is 0 Å². The molecule has 0 aliphatic heterocycles. The third kappa shape index (κ3) is 49.0. The van der Waals surface area contributed by atoms with Crippen molar-refractivity contribution in [1.29, 1.82) is 0 Å². The molecule has 0 aromatic carbocycles. The smallest absolute Gasteiger partial charge is 0.306 e. The topological polar surface area (TPSA) is 78.9 Å². The van der Waals surface area contributed by atoms with E-state index in [1.165, 1.54) is 51.4 Å². The Morgan fingerprint density at radius 2 is 0.667 bits per heavy atom. The third-order valence-electron chi connectivity index (χ3n) is 10.2. The molecular weight excluding hydrogens is 781 g/mol. The van der Waals surface area contributed by atoms with Gasteiger partial charge >= 0.3 is 17.9 Å². The largest absolute Gasteiger partial charge is 0.462 e. The molecule has 0 rings (SSSR count). The van der Waals surface area contributed by atoms with Crippen molar-refractivity contribution in [2.75, 3.05) is 13.2 Å². The highest BCUT2D eigenvalue weighted by Crippen LogP contribution is 2.12. The Bertz CT molecular complexity index is 1330. The van der Waals surface area contributed by atoms with Gasteiger partial charge < -0.3 is 14.2 Å². The zero-order valence-electron chi connectivity index (χ0n) is 40.5. The van der Waals surface area contributed by atoms with Crippen molar-refractivity contribution < 1.29 is 28.6 Å². The number of carbonyl (C=O) groups is 3. The van der Waals surface area contributed by atoms with Crippen LogP contribution in [0.3, 0.4) is 0 Å². The molecule has 0 aromatic rings. The molecule has 6 heteroatoms. The van der Waals surface area contributed by atoms with E-state index in [0.717, 1.165) is 116 Å². The van der Waals surface area contributed by atoms with Gasteiger partial charge in [0.15, 0.2) is 6.10 Å². The van der Waals surface area contributed by atoms with Crippen molar-refractivity contribution in [3.8, 4) is 0 Å². The summed E-state index contributed by atoms with van der Waals surface area (Å²) in [5.41, 5.74) is 0. The summed E-state index contributed by atoms with van der Waals surface area (Å²) in [4.78, 5) is 37.9. The average molecular weight is 873 g/mol. The van der Waals surface area contributed by atoms with Crippen LogP contribution in [-0.2, 0) is 28.6 Å². The number of unbranched alkanes of at least 4 members (excludes halogenated alkanes) is 15. The molecule has 0 N–H and O–H groups in total. The Balaban J connectivity index is 4.55. The summed E-state index contributed by atoms with van der Waals surface area (Å²) < 4.78 is 16.7. The minimum absolute atomic E-state index is 0.120. The van der Waals surface area contributed by atoms with Gasteiger partial charge in [0.05, 0.1) is 0 Å². The minimum atomic E-state index is -0.829. The van der Waals surface area contributed by atoms with Crippen molar-refractivity contribution in [2.24, 2.45) is 0 Å². The molecular formula is C57H92O6. The Hall–Kier alpha value is -3.93. The van der Waals surface area contributed by atoms with Crippen molar-refractivity contribution in [3.05, 3.63) is 109 Å². The lowest BCUT2D eigenvalue weighted by atomic mass is 10.1. The maximum absolute atomic E-state index is 12.8. The number of ether oxygens (including phenoxy) is 3. The SMILES string of the molecule is CC/C=C\C/C=C\C/C=C\CCCCCCCC(=O)OC[C@H](COC(=O)CCCCCCC/C=C\CCCC)OC(=O)CC/C=C\C/C=C\C/C=C\C/C=C\C/C=C\CCCCC. The number of allylic oxidation sites excluding steroid dienone is 18. The zero-order chi connectivity index (χ0) is 45.8. The maximum atomic E-state index is 12.8. The Morgan fingerprint density at radius 3 is 1.10 bits per heavy atom. The predicted octanol–water partition coefficient (Wildman–Crippen LogP) is 16.8. The van der Waals surface area contributed by atoms with Crippen molar-refractivity contribution in [1.82, 2.24) is 0 Å². The van der Waals surface area contributed by atoms with Gasteiger partial charge in [-0.1, -0.05) is 194 Å². The average Bonchev–Trinajstić information content (AvgIpc) is 3.28. The second-order valence-electron chi connectivity index (χ2n) is 16.3. The molecule has 6 nitrogen and oxygen atoms in total. The summed E-state index contributed by atoms with van der Waals surface area (Å²) in [6.45, 7) is 6.35. The molecule has 0 heterocycles. The van der Waals surface area contributed by atoms with E-state index in [2.05, 4.69) is 118 Å². The molecule has 0 amide bonds. The van der Waals surface area contributed by atoms with Gasteiger partial charge in [-0.05, 0) is 109 Å². The highest BCUT2D eigenvalue weighted by Gasteiger charge is 2.19. The van der Waals surface area contributed by atoms with E-state index in [9.17, 15) is 14.4 Å². The molecule has 0 fully saturated rings. The van der Waals surface area contributed by atoms with Crippen LogP contribution < -0.4 is 0 Å². The highest BCUT2D eigenvalue weighted by molar-refractivity contribution is 5.71. The van der Waals surface area contributed by atoms with Crippen molar-refractivity contribution in [2.45, 2.75) is 219 Å². The fourth-order valence-corrected chi connectivity index (χ4v) is 6.42. The minimum Gasteiger partial charge on any atom is -0.462 e. The van der Waals surface area contributed by atoms with Gasteiger partial charge in [0.25, 0.3) is 0 Å². The third-order valence-corrected chi connectivity index (χ3v) is 10.2. The molecule has 0 saturated heterocycles. The first kappa shape index (κ1) is 59.1. The molecule has 63 heavy (non-hydrogen) atoms. The van der Waals surface area contributed by atoms with Gasteiger partial charge in [-0.3, -0.25) is 14.4 Å². The summed E-state index contributed by atoms with van der Waals surface area (Å²) in [5, 5.41) is 0. The molecule has 0 aliphatic rings. The molecule has 0 spiro atoms. The predicted molar refractivity (Wildman–Crippen MR) is 270 cm³/mol. The zero-order valence-corrected chi connectivity index (χ0v) is 40.5. The van der Waals surface area contributed by atoms with Crippen molar-refractivity contribution >= 4 is 17.9 Å². The molecule has 0 radical (unpaired) electrons. The Morgan fingerprint density at radius 1 is 0.333 bits per heavy atom. The maximum Gasteiger partial charge on any atom is 0.306 e. The number of carbonyl (C=O) groups excluding carboxylic acids is 3. The lowest BCUT2D eigenvalue weighted by Gasteiger charge is -2.18. The van der Waals surface area contributed by atoms with Crippen LogP contribution in [0.1, 0.15) is 213 Å². The summed E-state index contributed by atoms with van der Waals surface area (Å²) >= 11 is 0. The number of rotatable bonds is 44. The Kier molecular flexibility index (Phi) is 47.5. The molecule has 356 valence electrons. The molecule has 0 aromatic heterocycles. The first-order chi connectivity index (χ1) is 31.0. The van der Waals surface area contributed by atoms with E-state index >= 15 is 0 Å². The Labute approximate surface area is 387 Å². The summed E-state index contributed by atoms with van der Waals surface area (Å²) in [7, 11) is 0. The van der Waals surface area contributed by atoms with Crippen LogP contribution in [0.5, 0.6) is 0 Å². The standard InChI is InChI=1S/C57H92O6/c1-4-7-10-13-16-19-22-24-26-27-28-29-31-33-36-39-42-45-48-51-57(60)63-54(52-61-55(58)49-46-43-40-37-34-21-18-15-12-9-6-3)53-62-56(59)50-47-44-41-38-35-32-30-25-23-20-17-14-11-8-5-2/h8,11,15-20,24-26,28-30,33,36,42,45,54H,4-7,9-10,12-14,21-23,27,31-32,34-35,37-41,43-44,46-53H2,1-3H3/b11-8-,18-15-,19-16-,20-17-,26-24-,29-28-,30-25-,36-33-,45-42-/t54-/m0/s1. The van der Waals surface area contributed by atoms with Crippen LogP contribution in [0, 0.1) is 0 Å². The summed E-state index contributed by atoms with van der Waals surface area (Å²) in [6.07, 6.45) is 68.0. The van der Waals surface area contributed by atoms with Crippen LogP contribution in [0.2, 0.25) is 0 Å². The molecule has 0 unspecified atom stereocenters. The van der Waals surface area contributed by atoms with Crippen molar-refractivity contribution in [3.63, 3.8) is 0 Å². The van der Waals surface area contributed by atoms with E-state index in [4.69, 9.17) is 14.2 Å². The van der Waals surface area contributed by atoms with E-state index in [0.29, 0.717) is 19.3 Å². The fraction of sp³-hybridized carbons (Fsp3) is 0.632. The normalized spacial score (nSPS) is 13.0. The van der Waals surface area contributed by atoms with Gasteiger partial charge in [0, 0.05) is 19.3 Å². The first-order valence-corrected chi connectivity index (χ1v) is 25.4. The van der Waals surface area contributed by atoms with Gasteiger partial charge in [-0.15, -0.1) is 0 Å². The molecule has 0 aliphatic carbocycles. The van der Waals surface area contributed by atoms with Gasteiger partial charge in [-0.2, -0.15) is 0 Å². The summed E-state index contributed by atoms with van der Waals surface area (Å²) in [6, 6.07) is 0. The van der Waals surface area contributed by atoms with E-state index in [-0.39, 0.29) is 31.6 Å². The second-order valence-corrected chi connectivity index (χ2v) is 16.3. The van der Waals surface area contributed by atoms with Crippen LogP contribution in [0.25, 0.3) is 0 Å². The van der Waals surface area contributed by atoms with Crippen LogP contribution in [0.15, 0.2) is 109 Å². The van der Waals surface area contributed by atoms with Crippen LogP contribution in [-0.4, -0.2) is 37.2 Å². The highest BCUT2D eigenvalue weighted by atomic mass is 16.6. The summed E-state index contributed by atoms with van der Waals surface area (Å²) in [5.74, 6) is -1.04. The second kappa shape index (κ2) is 50.7. The quantitative estimate of drug-likeness (QED) is 0.0263. The monoisotopic (exact) mass is 873 g/mol. The van der Waals surface area contributed by atoms with Gasteiger partial charge in [0.2, 0.25) is 0 Å². The van der Waals surface area contributed by atoms with Gasteiger partial charge in [0.1, 0.15) is 13.2 Å². The fourth-order valence-electron chi connectivity index (χ4n) is 6.42. The van der Waals surface area contributed by atoms with Gasteiger partial charge in [-0.25, -0.2) is 0 Å². The van der Waals surface area contributed by atoms with E-state index in [1.54, 1.807) is 0 Å². The lowest BCUT2D eigenvalue weighted by molar-refractivity contribution is -0.166. The molecule has 0 bridgehead atoms. The van der Waals surface area contributed by atoms with E-state index < -0.39 is 12.1 Å². The number of esters is 3. The van der Waals surface area contributed by atoms with Crippen LogP contribution >= 0.6 is 0 Å². The molecule has 0 saturated carbocycles. The van der Waals surface area contributed by atoms with E-state index in [1.807, 2.05) is 12.2 Å². The first-order valence-electron chi connectivity index (χ1n) is 25.4. The molecule has 1 atom stereocenters. The lowest BCUT2D eigenvalue weighted by Crippen LogP contribution is -2.30. The number of hydrogen-bond acceptors (Lipinski definition) is 6.